The molecule has 0 spiro atoms. The van der Waals surface area contributed by atoms with Gasteiger partial charge in [0.2, 0.25) is 11.8 Å². The normalized spacial score (nSPS) is 16.8. The van der Waals surface area contributed by atoms with Crippen molar-refractivity contribution < 1.29 is 14.3 Å². The zero-order valence-electron chi connectivity index (χ0n) is 15.2. The molecule has 26 heavy (non-hydrogen) atoms. The number of ether oxygens (including phenoxy) is 1. The number of aryl methyl sites for hydroxylation is 2. The van der Waals surface area contributed by atoms with E-state index in [-0.39, 0.29) is 11.8 Å². The van der Waals surface area contributed by atoms with E-state index >= 15 is 0 Å². The molecule has 2 amide bonds. The molecule has 7 heteroatoms. The maximum Gasteiger partial charge on any atom is 0.243 e. The maximum atomic E-state index is 12.7. The average Bonchev–Trinajstić information content (AvgIpc) is 3.16. The van der Waals surface area contributed by atoms with E-state index in [2.05, 4.69) is 10.3 Å². The molecule has 138 valence electrons. The number of carbonyl (C=O) groups excluding carboxylic acids is 2. The Kier molecular flexibility index (Phi) is 5.56. The van der Waals surface area contributed by atoms with Crippen LogP contribution in [0, 0.1) is 13.8 Å². The predicted octanol–water partition coefficient (Wildman–Crippen LogP) is 2.58. The van der Waals surface area contributed by atoms with Crippen molar-refractivity contribution in [2.45, 2.75) is 45.8 Å². The summed E-state index contributed by atoms with van der Waals surface area (Å²) in [6.45, 7) is 4.74. The van der Waals surface area contributed by atoms with E-state index in [1.54, 1.807) is 23.3 Å². The number of hydrogen-bond donors (Lipinski definition) is 1. The number of amides is 2. The highest BCUT2D eigenvalue weighted by molar-refractivity contribution is 7.11. The zero-order chi connectivity index (χ0) is 18.7. The lowest BCUT2D eigenvalue weighted by molar-refractivity contribution is -0.135. The molecule has 0 radical (unpaired) electrons. The molecule has 2 aromatic rings. The molecule has 1 saturated heterocycles. The van der Waals surface area contributed by atoms with Crippen LogP contribution < -0.4 is 10.1 Å². The molecule has 1 N–H and O–H groups in total. The van der Waals surface area contributed by atoms with Gasteiger partial charge in [0.05, 0.1) is 25.9 Å². The second-order valence-corrected chi connectivity index (χ2v) is 7.64. The fourth-order valence-electron chi connectivity index (χ4n) is 3.12. The van der Waals surface area contributed by atoms with Gasteiger partial charge in [-0.1, -0.05) is 18.2 Å². The highest BCUT2D eigenvalue weighted by Crippen LogP contribution is 2.26. The van der Waals surface area contributed by atoms with Gasteiger partial charge in [-0.15, -0.1) is 11.3 Å². The van der Waals surface area contributed by atoms with Crippen LogP contribution in [0.2, 0.25) is 0 Å². The molecular weight excluding hydrogens is 350 g/mol. The second kappa shape index (κ2) is 7.86. The Hall–Kier alpha value is -2.41. The zero-order valence-corrected chi connectivity index (χ0v) is 16.1. The number of para-hydroxylation sites is 1. The molecule has 0 bridgehead atoms. The highest BCUT2D eigenvalue weighted by Gasteiger charge is 2.36. The Labute approximate surface area is 157 Å². The molecule has 1 aromatic heterocycles. The van der Waals surface area contributed by atoms with E-state index in [0.29, 0.717) is 25.9 Å². The summed E-state index contributed by atoms with van der Waals surface area (Å²) >= 11 is 1.58. The highest BCUT2D eigenvalue weighted by atomic mass is 32.1. The molecule has 1 aliphatic heterocycles. The van der Waals surface area contributed by atoms with Gasteiger partial charge < -0.3 is 15.0 Å². The Morgan fingerprint density at radius 1 is 1.38 bits per heavy atom. The minimum absolute atomic E-state index is 0.00278. The minimum atomic E-state index is -0.449. The van der Waals surface area contributed by atoms with Crippen molar-refractivity contribution in [3.05, 3.63) is 45.4 Å². The number of methoxy groups -OCH3 is 1. The topological polar surface area (TPSA) is 71.5 Å². The van der Waals surface area contributed by atoms with Crippen LogP contribution in [-0.4, -0.2) is 34.8 Å². The van der Waals surface area contributed by atoms with Crippen LogP contribution in [0.4, 0.5) is 0 Å². The first-order valence-electron chi connectivity index (χ1n) is 8.61. The lowest BCUT2D eigenvalue weighted by Gasteiger charge is -2.24. The minimum Gasteiger partial charge on any atom is -0.496 e. The van der Waals surface area contributed by atoms with Gasteiger partial charge in [-0.2, -0.15) is 0 Å². The number of nitrogens with one attached hydrogen (secondary N) is 1. The van der Waals surface area contributed by atoms with Crippen molar-refractivity contribution in [2.24, 2.45) is 0 Å². The van der Waals surface area contributed by atoms with Gasteiger partial charge in [0, 0.05) is 16.9 Å². The van der Waals surface area contributed by atoms with Crippen LogP contribution in [0.15, 0.2) is 24.3 Å². The third kappa shape index (κ3) is 3.88. The maximum absolute atomic E-state index is 12.7. The van der Waals surface area contributed by atoms with Crippen molar-refractivity contribution in [3.63, 3.8) is 0 Å². The fraction of sp³-hybridized carbons (Fsp3) is 0.421. The van der Waals surface area contributed by atoms with E-state index in [1.165, 1.54) is 0 Å². The Bertz CT molecular complexity index is 799. The molecular formula is C19H23N3O3S. The first-order valence-corrected chi connectivity index (χ1v) is 9.43. The van der Waals surface area contributed by atoms with E-state index in [1.807, 2.05) is 38.1 Å². The number of hydrogen-bond acceptors (Lipinski definition) is 5. The molecule has 1 fully saturated rings. The third-order valence-corrected chi connectivity index (χ3v) is 5.72. The molecule has 2 heterocycles. The number of likely N-dealkylation sites (tertiary alicyclic amines) is 1. The monoisotopic (exact) mass is 373 g/mol. The number of carbonyl (C=O) groups is 2. The number of thiazole rings is 1. The summed E-state index contributed by atoms with van der Waals surface area (Å²) in [5.41, 5.74) is 1.89. The van der Waals surface area contributed by atoms with E-state index in [9.17, 15) is 9.59 Å². The molecule has 0 saturated carbocycles. The van der Waals surface area contributed by atoms with Gasteiger partial charge in [-0.05, 0) is 26.3 Å². The third-order valence-electron chi connectivity index (χ3n) is 4.65. The average molecular weight is 373 g/mol. The lowest BCUT2D eigenvalue weighted by Crippen LogP contribution is -2.44. The first kappa shape index (κ1) is 18.4. The summed E-state index contributed by atoms with van der Waals surface area (Å²) < 4.78 is 5.36. The summed E-state index contributed by atoms with van der Waals surface area (Å²) in [7, 11) is 1.60. The summed E-state index contributed by atoms with van der Waals surface area (Å²) in [4.78, 5) is 32.2. The molecule has 3 rings (SSSR count). The first-order chi connectivity index (χ1) is 12.5. The SMILES string of the molecule is COc1ccccc1CN1C(=O)CCC1C(=O)NCc1nc(C)c(C)s1. The Balaban J connectivity index is 1.67. The van der Waals surface area contributed by atoms with Gasteiger partial charge in [0.25, 0.3) is 0 Å². The quantitative estimate of drug-likeness (QED) is 0.845. The summed E-state index contributed by atoms with van der Waals surface area (Å²) in [6.07, 6.45) is 0.929. The summed E-state index contributed by atoms with van der Waals surface area (Å²) in [6, 6.07) is 7.12. The Morgan fingerprint density at radius 3 is 2.85 bits per heavy atom. The van der Waals surface area contributed by atoms with E-state index < -0.39 is 6.04 Å². The summed E-state index contributed by atoms with van der Waals surface area (Å²) in [5, 5.41) is 3.81. The van der Waals surface area contributed by atoms with E-state index in [0.717, 1.165) is 26.9 Å². The predicted molar refractivity (Wildman–Crippen MR) is 100 cm³/mol. The molecule has 1 unspecified atom stereocenters. The molecule has 0 aliphatic carbocycles. The molecule has 1 aliphatic rings. The van der Waals surface area contributed by atoms with Gasteiger partial charge in [0.15, 0.2) is 0 Å². The van der Waals surface area contributed by atoms with Crippen LogP contribution >= 0.6 is 11.3 Å². The van der Waals surface area contributed by atoms with Gasteiger partial charge in [-0.25, -0.2) is 4.98 Å². The Morgan fingerprint density at radius 2 is 2.15 bits per heavy atom. The second-order valence-electron chi connectivity index (χ2n) is 6.35. The van der Waals surface area contributed by atoms with Crippen LogP contribution in [0.1, 0.15) is 34.0 Å². The molecule has 1 aromatic carbocycles. The molecule has 6 nitrogen and oxygen atoms in total. The fourth-order valence-corrected chi connectivity index (χ4v) is 3.99. The smallest absolute Gasteiger partial charge is 0.243 e. The molecule has 1 atom stereocenters. The van der Waals surface area contributed by atoms with Crippen LogP contribution in [-0.2, 0) is 22.7 Å². The van der Waals surface area contributed by atoms with Crippen molar-refractivity contribution in [2.75, 3.05) is 7.11 Å². The van der Waals surface area contributed by atoms with Crippen LogP contribution in [0.25, 0.3) is 0 Å². The van der Waals surface area contributed by atoms with Crippen molar-refractivity contribution in [1.82, 2.24) is 15.2 Å². The number of nitrogens with zero attached hydrogens (tertiary/aromatic N) is 2. The standard InChI is InChI=1S/C19H23N3O3S/c1-12-13(2)26-17(21-12)10-20-19(24)15-8-9-18(23)22(15)11-14-6-4-5-7-16(14)25-3/h4-7,15H,8-11H2,1-3H3,(H,20,24). The largest absolute Gasteiger partial charge is 0.496 e. The lowest BCUT2D eigenvalue weighted by atomic mass is 10.1. The van der Waals surface area contributed by atoms with Gasteiger partial charge in [0.1, 0.15) is 16.8 Å². The van der Waals surface area contributed by atoms with Crippen LogP contribution in [0.5, 0.6) is 5.75 Å². The number of aromatic nitrogens is 1. The van der Waals surface area contributed by atoms with Gasteiger partial charge in [-0.3, -0.25) is 9.59 Å². The van der Waals surface area contributed by atoms with Crippen molar-refractivity contribution in [1.29, 1.82) is 0 Å². The van der Waals surface area contributed by atoms with Crippen molar-refractivity contribution >= 4 is 23.2 Å². The van der Waals surface area contributed by atoms with Crippen molar-refractivity contribution in [3.8, 4) is 5.75 Å². The van der Waals surface area contributed by atoms with Crippen LogP contribution in [0.3, 0.4) is 0 Å². The number of benzene rings is 1. The summed E-state index contributed by atoms with van der Waals surface area (Å²) in [5.74, 6) is 0.591. The number of rotatable bonds is 6. The van der Waals surface area contributed by atoms with E-state index in [4.69, 9.17) is 4.74 Å². The van der Waals surface area contributed by atoms with Gasteiger partial charge >= 0.3 is 0 Å².